The fraction of sp³-hybridized carbons (Fsp3) is 0.417. The molecule has 0 radical (unpaired) electrons. The highest BCUT2D eigenvalue weighted by atomic mass is 16.6. The Morgan fingerprint density at radius 2 is 2.19 bits per heavy atom. The molecule has 1 heterocycles. The predicted molar refractivity (Wildman–Crippen MR) is 62.4 cm³/mol. The Balaban J connectivity index is 1.80. The zero-order chi connectivity index (χ0) is 11.2. The molecule has 0 saturated carbocycles. The highest BCUT2D eigenvalue weighted by molar-refractivity contribution is 5.84. The summed E-state index contributed by atoms with van der Waals surface area (Å²) in [5, 5.41) is 5.90. The molecule has 1 aliphatic heterocycles. The molecule has 0 spiro atoms. The first-order valence-electron chi connectivity index (χ1n) is 5.58. The zero-order valence-corrected chi connectivity index (χ0v) is 9.11. The van der Waals surface area contributed by atoms with Crippen LogP contribution in [-0.4, -0.2) is 25.3 Å². The molecule has 4 nitrogen and oxygen atoms in total. The first-order valence-corrected chi connectivity index (χ1v) is 5.58. The molecular weight excluding hydrogens is 204 g/mol. The summed E-state index contributed by atoms with van der Waals surface area (Å²) in [6.45, 7) is 1.77. The van der Waals surface area contributed by atoms with Crippen LogP contribution in [0.1, 0.15) is 12.8 Å². The molecule has 2 N–H and O–H groups in total. The highest BCUT2D eigenvalue weighted by Crippen LogP contribution is 2.09. The van der Waals surface area contributed by atoms with Crippen LogP contribution in [0.4, 0.5) is 10.5 Å². The zero-order valence-electron chi connectivity index (χ0n) is 9.11. The van der Waals surface area contributed by atoms with Crippen LogP contribution in [-0.2, 0) is 4.74 Å². The van der Waals surface area contributed by atoms with Gasteiger partial charge in [-0.2, -0.15) is 0 Å². The summed E-state index contributed by atoms with van der Waals surface area (Å²) in [6, 6.07) is 9.32. The van der Waals surface area contributed by atoms with Crippen molar-refractivity contribution in [1.29, 1.82) is 0 Å². The van der Waals surface area contributed by atoms with Gasteiger partial charge in [-0.25, -0.2) is 4.79 Å². The number of amides is 1. The minimum Gasteiger partial charge on any atom is -0.445 e. The molecule has 1 atom stereocenters. The number of hydrogen-bond donors (Lipinski definition) is 2. The van der Waals surface area contributed by atoms with Crippen molar-refractivity contribution in [2.75, 3.05) is 18.4 Å². The van der Waals surface area contributed by atoms with Crippen molar-refractivity contribution in [2.24, 2.45) is 0 Å². The first kappa shape index (κ1) is 11.0. The Morgan fingerprint density at radius 3 is 2.88 bits per heavy atom. The lowest BCUT2D eigenvalue weighted by atomic mass is 10.1. The molecule has 1 fully saturated rings. The van der Waals surface area contributed by atoms with Gasteiger partial charge in [0.15, 0.2) is 0 Å². The fourth-order valence-electron chi connectivity index (χ4n) is 1.74. The Bertz CT molecular complexity index is 334. The van der Waals surface area contributed by atoms with Gasteiger partial charge in [0.25, 0.3) is 0 Å². The second kappa shape index (κ2) is 5.51. The van der Waals surface area contributed by atoms with E-state index in [1.54, 1.807) is 0 Å². The van der Waals surface area contributed by atoms with Crippen LogP contribution < -0.4 is 10.6 Å². The van der Waals surface area contributed by atoms with Crippen molar-refractivity contribution >= 4 is 11.8 Å². The molecule has 1 amide bonds. The summed E-state index contributed by atoms with van der Waals surface area (Å²) in [7, 11) is 0. The average Bonchev–Trinajstić information content (AvgIpc) is 2.31. The number of benzene rings is 1. The van der Waals surface area contributed by atoms with E-state index in [1.165, 1.54) is 0 Å². The average molecular weight is 220 g/mol. The van der Waals surface area contributed by atoms with E-state index in [-0.39, 0.29) is 12.2 Å². The lowest BCUT2D eigenvalue weighted by Gasteiger charge is -2.22. The number of ether oxygens (including phenoxy) is 1. The summed E-state index contributed by atoms with van der Waals surface area (Å²) in [4.78, 5) is 11.5. The van der Waals surface area contributed by atoms with Crippen LogP contribution >= 0.6 is 0 Å². The minimum absolute atomic E-state index is 0.00235. The van der Waals surface area contributed by atoms with Crippen LogP contribution in [0.5, 0.6) is 0 Å². The Morgan fingerprint density at radius 1 is 1.38 bits per heavy atom. The van der Waals surface area contributed by atoms with E-state index >= 15 is 0 Å². The van der Waals surface area contributed by atoms with Gasteiger partial charge in [-0.3, -0.25) is 5.32 Å². The molecule has 1 aliphatic rings. The maximum Gasteiger partial charge on any atom is 0.411 e. The molecular formula is C12H16N2O2. The van der Waals surface area contributed by atoms with Gasteiger partial charge in [-0.05, 0) is 31.5 Å². The molecule has 1 saturated heterocycles. The second-order valence-electron chi connectivity index (χ2n) is 3.86. The van der Waals surface area contributed by atoms with Crippen LogP contribution in [0.25, 0.3) is 0 Å². The van der Waals surface area contributed by atoms with Crippen LogP contribution in [0.2, 0.25) is 0 Å². The first-order chi connectivity index (χ1) is 7.84. The van der Waals surface area contributed by atoms with Gasteiger partial charge in [-0.1, -0.05) is 18.2 Å². The van der Waals surface area contributed by atoms with Gasteiger partial charge in [0.05, 0.1) is 0 Å². The third-order valence-corrected chi connectivity index (χ3v) is 2.55. The van der Waals surface area contributed by atoms with Crippen LogP contribution in [0, 0.1) is 0 Å². The number of carbonyl (C=O) groups excluding carboxylic acids is 1. The standard InChI is InChI=1S/C12H16N2O2/c15-12(14-10-5-2-1-3-6-10)16-11-7-4-8-13-9-11/h1-3,5-6,11,13H,4,7-9H2,(H,14,15)/t11-/m0/s1. The third kappa shape index (κ3) is 3.24. The predicted octanol–water partition coefficient (Wildman–Crippen LogP) is 1.99. The van der Waals surface area contributed by atoms with Gasteiger partial charge in [-0.15, -0.1) is 0 Å². The van der Waals surface area contributed by atoms with Gasteiger partial charge < -0.3 is 10.1 Å². The topological polar surface area (TPSA) is 50.4 Å². The molecule has 4 heteroatoms. The molecule has 0 aromatic heterocycles. The number of hydrogen-bond acceptors (Lipinski definition) is 3. The van der Waals surface area contributed by atoms with E-state index in [9.17, 15) is 4.79 Å². The minimum atomic E-state index is -0.375. The molecule has 86 valence electrons. The Hall–Kier alpha value is -1.55. The summed E-state index contributed by atoms with van der Waals surface area (Å²) in [5.41, 5.74) is 0.760. The van der Waals surface area contributed by atoms with E-state index in [0.29, 0.717) is 0 Å². The molecule has 0 aliphatic carbocycles. The van der Waals surface area contributed by atoms with Gasteiger partial charge in [0, 0.05) is 12.2 Å². The largest absolute Gasteiger partial charge is 0.445 e. The van der Waals surface area contributed by atoms with Gasteiger partial charge >= 0.3 is 6.09 Å². The van der Waals surface area contributed by atoms with Crippen LogP contribution in [0.3, 0.4) is 0 Å². The number of piperidine rings is 1. The lowest BCUT2D eigenvalue weighted by Crippen LogP contribution is -2.37. The number of anilines is 1. The summed E-state index contributed by atoms with van der Waals surface area (Å²) in [6.07, 6.45) is 1.62. The molecule has 0 bridgehead atoms. The van der Waals surface area contributed by atoms with Crippen molar-refractivity contribution in [2.45, 2.75) is 18.9 Å². The van der Waals surface area contributed by atoms with E-state index in [0.717, 1.165) is 31.6 Å². The van der Waals surface area contributed by atoms with Crippen molar-refractivity contribution in [1.82, 2.24) is 5.32 Å². The monoisotopic (exact) mass is 220 g/mol. The highest BCUT2D eigenvalue weighted by Gasteiger charge is 2.16. The van der Waals surface area contributed by atoms with Crippen molar-refractivity contribution in [3.63, 3.8) is 0 Å². The lowest BCUT2D eigenvalue weighted by molar-refractivity contribution is 0.0941. The summed E-state index contributed by atoms with van der Waals surface area (Å²) in [5.74, 6) is 0. The molecule has 0 unspecified atom stereocenters. The summed E-state index contributed by atoms with van der Waals surface area (Å²) >= 11 is 0. The molecule has 2 rings (SSSR count). The SMILES string of the molecule is O=C(Nc1ccccc1)O[C@H]1CCCNC1. The normalized spacial score (nSPS) is 20.1. The van der Waals surface area contributed by atoms with Crippen molar-refractivity contribution < 1.29 is 9.53 Å². The van der Waals surface area contributed by atoms with Gasteiger partial charge in [0.1, 0.15) is 6.10 Å². The van der Waals surface area contributed by atoms with E-state index in [4.69, 9.17) is 4.74 Å². The summed E-state index contributed by atoms with van der Waals surface area (Å²) < 4.78 is 5.28. The van der Waals surface area contributed by atoms with E-state index in [1.807, 2.05) is 30.3 Å². The number of para-hydroxylation sites is 1. The number of carbonyl (C=O) groups is 1. The Labute approximate surface area is 95.0 Å². The van der Waals surface area contributed by atoms with E-state index in [2.05, 4.69) is 10.6 Å². The number of nitrogens with one attached hydrogen (secondary N) is 2. The molecule has 1 aromatic rings. The fourth-order valence-corrected chi connectivity index (χ4v) is 1.74. The molecule has 1 aromatic carbocycles. The van der Waals surface area contributed by atoms with Crippen molar-refractivity contribution in [3.05, 3.63) is 30.3 Å². The van der Waals surface area contributed by atoms with Gasteiger partial charge in [0.2, 0.25) is 0 Å². The van der Waals surface area contributed by atoms with E-state index < -0.39 is 0 Å². The smallest absolute Gasteiger partial charge is 0.411 e. The van der Waals surface area contributed by atoms with Crippen molar-refractivity contribution in [3.8, 4) is 0 Å². The number of rotatable bonds is 2. The van der Waals surface area contributed by atoms with Crippen LogP contribution in [0.15, 0.2) is 30.3 Å². The molecule has 16 heavy (non-hydrogen) atoms. The third-order valence-electron chi connectivity index (χ3n) is 2.55. The quantitative estimate of drug-likeness (QED) is 0.801. The Kier molecular flexibility index (Phi) is 3.77. The maximum absolute atomic E-state index is 11.5. The maximum atomic E-state index is 11.5. The second-order valence-corrected chi connectivity index (χ2v) is 3.86.